The van der Waals surface area contributed by atoms with E-state index in [2.05, 4.69) is 22.1 Å². The molecule has 4 heteroatoms. The number of nitrogen functional groups attached to an aromatic ring is 1. The lowest BCUT2D eigenvalue weighted by molar-refractivity contribution is 0.306. The smallest absolute Gasteiger partial charge is 0.220 e. The van der Waals surface area contributed by atoms with Gasteiger partial charge in [0.2, 0.25) is 5.95 Å². The number of fused-ring (bicyclic) bond motifs is 1. The Morgan fingerprint density at radius 1 is 0.840 bits per heavy atom. The molecular formula is C21H17N3O. The predicted octanol–water partition coefficient (Wildman–Crippen LogP) is 4.46. The fraction of sp³-hybridized carbons (Fsp3) is 0.0476. The van der Waals surface area contributed by atoms with Crippen molar-refractivity contribution in [1.29, 1.82) is 0 Å². The third-order valence-electron chi connectivity index (χ3n) is 4.04. The van der Waals surface area contributed by atoms with Gasteiger partial charge in [-0.2, -0.15) is 0 Å². The fourth-order valence-electron chi connectivity index (χ4n) is 2.77. The van der Waals surface area contributed by atoms with E-state index in [0.29, 0.717) is 6.61 Å². The molecule has 0 bridgehead atoms. The van der Waals surface area contributed by atoms with Crippen molar-refractivity contribution < 1.29 is 4.74 Å². The first-order valence-corrected chi connectivity index (χ1v) is 8.08. The van der Waals surface area contributed by atoms with Gasteiger partial charge in [0.25, 0.3) is 0 Å². The number of rotatable bonds is 4. The van der Waals surface area contributed by atoms with Crippen LogP contribution < -0.4 is 10.5 Å². The Balaban J connectivity index is 1.59. The van der Waals surface area contributed by atoms with Crippen molar-refractivity contribution >= 4 is 16.9 Å². The molecule has 0 amide bonds. The molecule has 1 aromatic heterocycles. The maximum atomic E-state index is 5.84. The first-order valence-electron chi connectivity index (χ1n) is 8.08. The highest BCUT2D eigenvalue weighted by molar-refractivity contribution is 5.93. The minimum Gasteiger partial charge on any atom is -0.489 e. The molecule has 3 aromatic carbocycles. The molecule has 0 unspecified atom stereocenters. The molecule has 0 fully saturated rings. The van der Waals surface area contributed by atoms with Crippen LogP contribution in [0.15, 0.2) is 79.0 Å². The van der Waals surface area contributed by atoms with Gasteiger partial charge in [-0.25, -0.2) is 9.97 Å². The Hall–Kier alpha value is -3.40. The van der Waals surface area contributed by atoms with E-state index in [1.807, 2.05) is 60.7 Å². The van der Waals surface area contributed by atoms with E-state index in [9.17, 15) is 0 Å². The number of nitrogens with two attached hydrogens (primary N) is 1. The Morgan fingerprint density at radius 2 is 1.64 bits per heavy atom. The Kier molecular flexibility index (Phi) is 4.01. The SMILES string of the molecule is Nc1ncc2cccc(-c3ccc(OCc4ccccc4)cc3)c2n1. The summed E-state index contributed by atoms with van der Waals surface area (Å²) in [5.74, 6) is 1.12. The van der Waals surface area contributed by atoms with Crippen molar-refractivity contribution in [2.75, 3.05) is 5.73 Å². The van der Waals surface area contributed by atoms with Gasteiger partial charge in [0, 0.05) is 17.1 Å². The molecule has 0 aliphatic rings. The summed E-state index contributed by atoms with van der Waals surface area (Å²) in [5.41, 5.74) is 9.84. The Morgan fingerprint density at radius 3 is 2.44 bits per heavy atom. The second kappa shape index (κ2) is 6.61. The fourth-order valence-corrected chi connectivity index (χ4v) is 2.77. The van der Waals surface area contributed by atoms with Crippen molar-refractivity contribution in [2.45, 2.75) is 6.61 Å². The minimum absolute atomic E-state index is 0.280. The Labute approximate surface area is 145 Å². The van der Waals surface area contributed by atoms with Gasteiger partial charge >= 0.3 is 0 Å². The molecule has 0 atom stereocenters. The summed E-state index contributed by atoms with van der Waals surface area (Å²) in [7, 11) is 0. The van der Waals surface area contributed by atoms with E-state index in [-0.39, 0.29) is 5.95 Å². The van der Waals surface area contributed by atoms with Crippen molar-refractivity contribution in [2.24, 2.45) is 0 Å². The maximum absolute atomic E-state index is 5.84. The summed E-state index contributed by atoms with van der Waals surface area (Å²) in [5, 5.41) is 0.969. The highest BCUT2D eigenvalue weighted by atomic mass is 16.5. The molecule has 25 heavy (non-hydrogen) atoms. The van der Waals surface area contributed by atoms with E-state index in [4.69, 9.17) is 10.5 Å². The number of hydrogen-bond acceptors (Lipinski definition) is 4. The summed E-state index contributed by atoms with van der Waals surface area (Å²) in [4.78, 5) is 8.44. The third kappa shape index (κ3) is 3.28. The van der Waals surface area contributed by atoms with E-state index in [1.165, 1.54) is 0 Å². The number of anilines is 1. The number of ether oxygens (including phenoxy) is 1. The summed E-state index contributed by atoms with van der Waals surface area (Å²) >= 11 is 0. The van der Waals surface area contributed by atoms with Crippen molar-refractivity contribution in [1.82, 2.24) is 9.97 Å². The summed E-state index contributed by atoms with van der Waals surface area (Å²) in [6.07, 6.45) is 1.75. The van der Waals surface area contributed by atoms with Crippen LogP contribution >= 0.6 is 0 Å². The lowest BCUT2D eigenvalue weighted by atomic mass is 10.0. The molecule has 4 aromatic rings. The van der Waals surface area contributed by atoms with Gasteiger partial charge in [0.15, 0.2) is 0 Å². The van der Waals surface area contributed by atoms with Crippen molar-refractivity contribution in [3.63, 3.8) is 0 Å². The van der Waals surface area contributed by atoms with Gasteiger partial charge in [-0.05, 0) is 23.3 Å². The predicted molar refractivity (Wildman–Crippen MR) is 100 cm³/mol. The molecule has 0 saturated heterocycles. The quantitative estimate of drug-likeness (QED) is 0.601. The average molecular weight is 327 g/mol. The molecule has 0 radical (unpaired) electrons. The monoisotopic (exact) mass is 327 g/mol. The molecule has 122 valence electrons. The van der Waals surface area contributed by atoms with Gasteiger partial charge in [0.05, 0.1) is 5.52 Å². The summed E-state index contributed by atoms with van der Waals surface area (Å²) < 4.78 is 5.84. The highest BCUT2D eigenvalue weighted by Gasteiger charge is 2.06. The number of nitrogens with zero attached hydrogens (tertiary/aromatic N) is 2. The molecule has 0 aliphatic carbocycles. The molecule has 0 saturated carbocycles. The number of para-hydroxylation sites is 1. The Bertz CT molecular complexity index is 998. The normalized spacial score (nSPS) is 10.7. The second-order valence-corrected chi connectivity index (χ2v) is 5.77. The van der Waals surface area contributed by atoms with Gasteiger partial charge in [0.1, 0.15) is 12.4 Å². The van der Waals surface area contributed by atoms with Gasteiger partial charge in [-0.15, -0.1) is 0 Å². The van der Waals surface area contributed by atoms with E-state index < -0.39 is 0 Å². The van der Waals surface area contributed by atoms with Gasteiger partial charge in [-0.1, -0.05) is 60.7 Å². The van der Waals surface area contributed by atoms with Crippen LogP contribution in [0.4, 0.5) is 5.95 Å². The van der Waals surface area contributed by atoms with Crippen LogP contribution in [-0.2, 0) is 6.61 Å². The van der Waals surface area contributed by atoms with Crippen LogP contribution in [0.5, 0.6) is 5.75 Å². The van der Waals surface area contributed by atoms with Crippen LogP contribution in [0, 0.1) is 0 Å². The zero-order chi connectivity index (χ0) is 17.1. The van der Waals surface area contributed by atoms with Crippen LogP contribution in [0.1, 0.15) is 5.56 Å². The second-order valence-electron chi connectivity index (χ2n) is 5.77. The largest absolute Gasteiger partial charge is 0.489 e. The zero-order valence-electron chi connectivity index (χ0n) is 13.6. The topological polar surface area (TPSA) is 61.0 Å². The summed E-state index contributed by atoms with van der Waals surface area (Å²) in [6.45, 7) is 0.554. The van der Waals surface area contributed by atoms with Crippen LogP contribution in [-0.4, -0.2) is 9.97 Å². The zero-order valence-corrected chi connectivity index (χ0v) is 13.6. The first-order chi connectivity index (χ1) is 12.3. The van der Waals surface area contributed by atoms with Crippen LogP contribution in [0.25, 0.3) is 22.0 Å². The van der Waals surface area contributed by atoms with E-state index in [0.717, 1.165) is 33.3 Å². The lowest BCUT2D eigenvalue weighted by Gasteiger charge is -2.09. The van der Waals surface area contributed by atoms with Gasteiger partial charge < -0.3 is 10.5 Å². The average Bonchev–Trinajstić information content (AvgIpc) is 2.67. The van der Waals surface area contributed by atoms with E-state index >= 15 is 0 Å². The lowest BCUT2D eigenvalue weighted by Crippen LogP contribution is -1.96. The van der Waals surface area contributed by atoms with Crippen LogP contribution in [0.3, 0.4) is 0 Å². The molecule has 4 nitrogen and oxygen atoms in total. The molecule has 0 spiro atoms. The molecule has 4 rings (SSSR count). The highest BCUT2D eigenvalue weighted by Crippen LogP contribution is 2.28. The molecular weight excluding hydrogens is 310 g/mol. The number of benzene rings is 3. The van der Waals surface area contributed by atoms with Crippen molar-refractivity contribution in [3.8, 4) is 16.9 Å². The number of aromatic nitrogens is 2. The molecule has 1 heterocycles. The number of hydrogen-bond donors (Lipinski definition) is 1. The third-order valence-corrected chi connectivity index (χ3v) is 4.04. The summed E-state index contributed by atoms with van der Waals surface area (Å²) in [6, 6.07) is 24.2. The standard InChI is InChI=1S/C21H17N3O/c22-21-23-13-17-7-4-8-19(20(17)24-21)16-9-11-18(12-10-16)25-14-15-5-2-1-3-6-15/h1-13H,14H2,(H2,22,23,24). The van der Waals surface area contributed by atoms with Crippen molar-refractivity contribution in [3.05, 3.63) is 84.6 Å². The first kappa shape index (κ1) is 15.1. The molecule has 0 aliphatic heterocycles. The van der Waals surface area contributed by atoms with Gasteiger partial charge in [-0.3, -0.25) is 0 Å². The van der Waals surface area contributed by atoms with E-state index in [1.54, 1.807) is 6.20 Å². The maximum Gasteiger partial charge on any atom is 0.220 e. The molecule has 2 N–H and O–H groups in total. The minimum atomic E-state index is 0.280. The van der Waals surface area contributed by atoms with Crippen LogP contribution in [0.2, 0.25) is 0 Å².